The number of benzene rings is 2. The van der Waals surface area contributed by atoms with Crippen LogP contribution in [0, 0.1) is 0 Å². The maximum Gasteiger partial charge on any atom is 0.442 e. The monoisotopic (exact) mass is 532 g/mol. The average Bonchev–Trinajstić information content (AvgIpc) is 2.75. The predicted octanol–water partition coefficient (Wildman–Crippen LogP) is 5.55. The van der Waals surface area contributed by atoms with Crippen LogP contribution in [0.1, 0.15) is 31.7 Å². The molecule has 1 unspecified atom stereocenters. The van der Waals surface area contributed by atoms with Gasteiger partial charge in [-0.2, -0.15) is 0 Å². The molecule has 1 aliphatic carbocycles. The van der Waals surface area contributed by atoms with Crippen molar-refractivity contribution in [2.24, 2.45) is 4.36 Å². The van der Waals surface area contributed by atoms with Gasteiger partial charge in [0.1, 0.15) is 24.5 Å². The van der Waals surface area contributed by atoms with Gasteiger partial charge in [-0.05, 0) is 65.9 Å². The first-order valence-corrected chi connectivity index (χ1v) is 13.4. The van der Waals surface area contributed by atoms with Gasteiger partial charge >= 0.3 is 6.09 Å². The Bertz CT molecular complexity index is 1300. The van der Waals surface area contributed by atoms with E-state index in [0.29, 0.717) is 16.7 Å². The van der Waals surface area contributed by atoms with Crippen LogP contribution in [0.4, 0.5) is 10.6 Å². The number of hydrogen-bond donors (Lipinski definition) is 1. The summed E-state index contributed by atoms with van der Waals surface area (Å²) in [5.74, 6) is 1.46. The summed E-state index contributed by atoms with van der Waals surface area (Å²) in [6.07, 6.45) is 5.69. The predicted molar refractivity (Wildman–Crippen MR) is 131 cm³/mol. The molecule has 1 fully saturated rings. The maximum absolute atomic E-state index is 12.9. The van der Waals surface area contributed by atoms with E-state index in [2.05, 4.69) is 35.6 Å². The van der Waals surface area contributed by atoms with Crippen LogP contribution in [-0.2, 0) is 21.1 Å². The third-order valence-electron chi connectivity index (χ3n) is 5.38. The van der Waals surface area contributed by atoms with Crippen LogP contribution in [0.25, 0.3) is 10.9 Å². The average molecular weight is 533 g/mol. The van der Waals surface area contributed by atoms with Gasteiger partial charge in [0.2, 0.25) is 0 Å². The molecular weight excluding hydrogens is 508 g/mol. The Kier molecular flexibility index (Phi) is 7.14. The molecule has 1 amide bonds. The SMILES string of the molecule is CCOC(=O)N=S(C)(=O)c1cccc(COc2cc3ncnc(NC4CCC4)c3cc2Br)c1. The van der Waals surface area contributed by atoms with Gasteiger partial charge in [0, 0.05) is 28.6 Å². The molecule has 1 N–H and O–H groups in total. The molecule has 1 aromatic heterocycles. The first-order chi connectivity index (χ1) is 15.9. The molecule has 1 saturated carbocycles. The van der Waals surface area contributed by atoms with Crippen molar-refractivity contribution in [3.8, 4) is 5.75 Å². The standard InChI is InChI=1S/C23H25BrN4O4S/c1-3-31-23(29)28-33(2,30)17-9-4-6-15(10-17)13-32-21-12-20-18(11-19(21)24)22(26-14-25-20)27-16-7-5-8-16/h4,6,9-12,14,16H,3,5,7-8,13H2,1-2H3,(H,25,26,27). The van der Waals surface area contributed by atoms with Crippen LogP contribution in [0.2, 0.25) is 0 Å². The van der Waals surface area contributed by atoms with Crippen molar-refractivity contribution in [1.29, 1.82) is 0 Å². The van der Waals surface area contributed by atoms with Gasteiger partial charge < -0.3 is 14.8 Å². The largest absolute Gasteiger partial charge is 0.488 e. The molecule has 174 valence electrons. The van der Waals surface area contributed by atoms with Crippen LogP contribution in [0.5, 0.6) is 5.75 Å². The van der Waals surface area contributed by atoms with E-state index in [1.165, 1.54) is 12.7 Å². The van der Waals surface area contributed by atoms with Crippen LogP contribution in [0.15, 0.2) is 56.5 Å². The number of carbonyl (C=O) groups excluding carboxylic acids is 1. The van der Waals surface area contributed by atoms with Gasteiger partial charge in [0.15, 0.2) is 0 Å². The molecular formula is C23H25BrN4O4S. The third-order valence-corrected chi connectivity index (χ3v) is 7.63. The fourth-order valence-electron chi connectivity index (χ4n) is 3.41. The molecule has 3 aromatic rings. The number of carbonyl (C=O) groups is 1. The van der Waals surface area contributed by atoms with Gasteiger partial charge in [-0.3, -0.25) is 0 Å². The Morgan fingerprint density at radius 3 is 2.82 bits per heavy atom. The summed E-state index contributed by atoms with van der Waals surface area (Å²) in [4.78, 5) is 20.9. The van der Waals surface area contributed by atoms with Crippen molar-refractivity contribution in [3.05, 3.63) is 52.8 Å². The van der Waals surface area contributed by atoms with Gasteiger partial charge in [0.05, 0.1) is 26.3 Å². The highest BCUT2D eigenvalue weighted by Gasteiger charge is 2.19. The van der Waals surface area contributed by atoms with Crippen molar-refractivity contribution in [2.45, 2.75) is 43.7 Å². The zero-order chi connectivity index (χ0) is 23.4. The van der Waals surface area contributed by atoms with Crippen molar-refractivity contribution >= 4 is 48.5 Å². The first-order valence-electron chi connectivity index (χ1n) is 10.7. The molecule has 33 heavy (non-hydrogen) atoms. The number of nitrogens with zero attached hydrogens (tertiary/aromatic N) is 3. The lowest BCUT2D eigenvalue weighted by atomic mass is 9.93. The van der Waals surface area contributed by atoms with E-state index in [0.717, 1.165) is 39.6 Å². The second kappa shape index (κ2) is 10.0. The minimum atomic E-state index is -2.92. The topological polar surface area (TPSA) is 103 Å². The summed E-state index contributed by atoms with van der Waals surface area (Å²) < 4.78 is 28.2. The summed E-state index contributed by atoms with van der Waals surface area (Å²) in [5, 5.41) is 4.41. The summed E-state index contributed by atoms with van der Waals surface area (Å²) in [7, 11) is -2.92. The van der Waals surface area contributed by atoms with E-state index in [-0.39, 0.29) is 13.2 Å². The highest BCUT2D eigenvalue weighted by molar-refractivity contribution is 9.10. The highest BCUT2D eigenvalue weighted by atomic mass is 79.9. The van der Waals surface area contributed by atoms with Crippen LogP contribution < -0.4 is 10.1 Å². The number of aromatic nitrogens is 2. The number of nitrogens with one attached hydrogen (secondary N) is 1. The summed E-state index contributed by atoms with van der Waals surface area (Å²) in [5.41, 5.74) is 1.58. The molecule has 8 nitrogen and oxygen atoms in total. The van der Waals surface area contributed by atoms with Crippen molar-refractivity contribution in [1.82, 2.24) is 9.97 Å². The minimum absolute atomic E-state index is 0.176. The third kappa shape index (κ3) is 5.62. The molecule has 1 heterocycles. The zero-order valence-electron chi connectivity index (χ0n) is 18.4. The Balaban J connectivity index is 1.53. The minimum Gasteiger partial charge on any atom is -0.488 e. The first kappa shape index (κ1) is 23.4. The fraction of sp³-hybridized carbons (Fsp3) is 0.348. The highest BCUT2D eigenvalue weighted by Crippen LogP contribution is 2.34. The number of amides is 1. The summed E-state index contributed by atoms with van der Waals surface area (Å²) in [6, 6.07) is 11.3. The van der Waals surface area contributed by atoms with Crippen LogP contribution in [-0.4, -0.2) is 39.2 Å². The van der Waals surface area contributed by atoms with E-state index in [4.69, 9.17) is 9.47 Å². The number of hydrogen-bond acceptors (Lipinski definition) is 7. The van der Waals surface area contributed by atoms with E-state index in [9.17, 15) is 9.00 Å². The van der Waals surface area contributed by atoms with Gasteiger partial charge in [-0.1, -0.05) is 12.1 Å². The molecule has 2 aromatic carbocycles. The molecule has 1 atom stereocenters. The van der Waals surface area contributed by atoms with Crippen molar-refractivity contribution < 1.29 is 18.5 Å². The second-order valence-electron chi connectivity index (χ2n) is 7.82. The molecule has 0 saturated heterocycles. The van der Waals surface area contributed by atoms with Crippen LogP contribution >= 0.6 is 15.9 Å². The molecule has 4 rings (SSSR count). The Hall–Kier alpha value is -2.72. The summed E-state index contributed by atoms with van der Waals surface area (Å²) >= 11 is 3.59. The van der Waals surface area contributed by atoms with E-state index in [1.807, 2.05) is 18.2 Å². The van der Waals surface area contributed by atoms with E-state index < -0.39 is 15.8 Å². The zero-order valence-corrected chi connectivity index (χ0v) is 20.8. The molecule has 0 radical (unpaired) electrons. The number of anilines is 1. The number of ether oxygens (including phenoxy) is 2. The van der Waals surface area contributed by atoms with E-state index in [1.54, 1.807) is 31.5 Å². The Morgan fingerprint density at radius 1 is 1.27 bits per heavy atom. The van der Waals surface area contributed by atoms with E-state index >= 15 is 0 Å². The lowest BCUT2D eigenvalue weighted by molar-refractivity contribution is 0.164. The Morgan fingerprint density at radius 2 is 2.09 bits per heavy atom. The number of rotatable bonds is 7. The van der Waals surface area contributed by atoms with Crippen molar-refractivity contribution in [2.75, 3.05) is 18.2 Å². The number of fused-ring (bicyclic) bond motifs is 1. The lowest BCUT2D eigenvalue weighted by Gasteiger charge is -2.27. The molecule has 0 aliphatic heterocycles. The molecule has 0 spiro atoms. The maximum atomic E-state index is 12.9. The molecule has 1 aliphatic rings. The van der Waals surface area contributed by atoms with Gasteiger partial charge in [-0.25, -0.2) is 19.0 Å². The smallest absolute Gasteiger partial charge is 0.442 e. The molecule has 10 heteroatoms. The summed E-state index contributed by atoms with van der Waals surface area (Å²) in [6.45, 7) is 2.09. The second-order valence-corrected chi connectivity index (χ2v) is 10.9. The molecule has 0 bridgehead atoms. The van der Waals surface area contributed by atoms with Crippen molar-refractivity contribution in [3.63, 3.8) is 0 Å². The Labute approximate surface area is 201 Å². The van der Waals surface area contributed by atoms with Gasteiger partial charge in [-0.15, -0.1) is 4.36 Å². The van der Waals surface area contributed by atoms with Crippen LogP contribution in [0.3, 0.4) is 0 Å². The van der Waals surface area contributed by atoms with Gasteiger partial charge in [0.25, 0.3) is 0 Å². The number of halogens is 1. The fourth-order valence-corrected chi connectivity index (χ4v) is 5.01. The lowest BCUT2D eigenvalue weighted by Crippen LogP contribution is -2.27. The normalized spacial score (nSPS) is 15.4. The quantitative estimate of drug-likeness (QED) is 0.425.